The fourth-order valence-electron chi connectivity index (χ4n) is 3.67. The molecule has 1 amide bonds. The second-order valence-electron chi connectivity index (χ2n) is 7.02. The Morgan fingerprint density at radius 1 is 1.23 bits per heavy atom. The van der Waals surface area contributed by atoms with Crippen LogP contribution < -0.4 is 4.74 Å². The maximum Gasteiger partial charge on any atom is 0.573 e. The van der Waals surface area contributed by atoms with Gasteiger partial charge in [-0.2, -0.15) is 0 Å². The van der Waals surface area contributed by atoms with Crippen molar-refractivity contribution in [2.24, 2.45) is 0 Å². The quantitative estimate of drug-likeness (QED) is 0.864. The maximum absolute atomic E-state index is 12.5. The van der Waals surface area contributed by atoms with E-state index >= 15 is 0 Å². The maximum atomic E-state index is 12.5. The van der Waals surface area contributed by atoms with Crippen LogP contribution in [0.3, 0.4) is 0 Å². The molecular formula is C18H22F3NO4. The lowest BCUT2D eigenvalue weighted by atomic mass is 9.80. The van der Waals surface area contributed by atoms with Crippen LogP contribution in [0.1, 0.15) is 50.6 Å². The largest absolute Gasteiger partial charge is 0.573 e. The first-order valence-corrected chi connectivity index (χ1v) is 8.71. The van der Waals surface area contributed by atoms with Crippen LogP contribution in [-0.4, -0.2) is 40.7 Å². The minimum Gasteiger partial charge on any atom is -0.443 e. The van der Waals surface area contributed by atoms with Gasteiger partial charge in [-0.05, 0) is 50.3 Å². The zero-order valence-corrected chi connectivity index (χ0v) is 14.5. The first-order valence-electron chi connectivity index (χ1n) is 8.71. The number of benzene rings is 1. The second-order valence-corrected chi connectivity index (χ2v) is 7.02. The van der Waals surface area contributed by atoms with Crippen LogP contribution in [-0.2, 0) is 4.74 Å². The number of aliphatic hydroxyl groups excluding tert-OH is 1. The second kappa shape index (κ2) is 6.98. The van der Waals surface area contributed by atoms with Gasteiger partial charge < -0.3 is 19.5 Å². The van der Waals surface area contributed by atoms with Gasteiger partial charge in [-0.25, -0.2) is 4.79 Å². The molecular weight excluding hydrogens is 351 g/mol. The lowest BCUT2D eigenvalue weighted by Crippen LogP contribution is -2.52. The molecule has 5 nitrogen and oxygen atoms in total. The van der Waals surface area contributed by atoms with E-state index in [0.29, 0.717) is 44.2 Å². The fraction of sp³-hybridized carbons (Fsp3) is 0.611. The number of alkyl halides is 3. The van der Waals surface area contributed by atoms with Crippen molar-refractivity contribution in [3.63, 3.8) is 0 Å². The molecule has 0 radical (unpaired) electrons. The van der Waals surface area contributed by atoms with Crippen molar-refractivity contribution < 1.29 is 32.5 Å². The van der Waals surface area contributed by atoms with Crippen molar-refractivity contribution in [2.75, 3.05) is 6.54 Å². The van der Waals surface area contributed by atoms with Gasteiger partial charge in [0.05, 0.1) is 12.1 Å². The Balaban J connectivity index is 1.63. The van der Waals surface area contributed by atoms with Gasteiger partial charge in [-0.3, -0.25) is 0 Å². The van der Waals surface area contributed by atoms with Gasteiger partial charge in [-0.15, -0.1) is 13.2 Å². The smallest absolute Gasteiger partial charge is 0.443 e. The van der Waals surface area contributed by atoms with Crippen LogP contribution in [0.4, 0.5) is 18.0 Å². The summed E-state index contributed by atoms with van der Waals surface area (Å²) in [7, 11) is 0. The zero-order valence-electron chi connectivity index (χ0n) is 14.5. The lowest BCUT2D eigenvalue weighted by molar-refractivity contribution is -0.274. The fourth-order valence-corrected chi connectivity index (χ4v) is 3.67. The monoisotopic (exact) mass is 373 g/mol. The van der Waals surface area contributed by atoms with Crippen LogP contribution in [0.2, 0.25) is 0 Å². The van der Waals surface area contributed by atoms with Gasteiger partial charge in [-0.1, -0.05) is 12.1 Å². The number of hydrogen-bond donors (Lipinski definition) is 1. The molecule has 26 heavy (non-hydrogen) atoms. The number of rotatable bonds is 3. The number of amides is 1. The number of carbonyl (C=O) groups is 1. The van der Waals surface area contributed by atoms with Gasteiger partial charge >= 0.3 is 12.5 Å². The summed E-state index contributed by atoms with van der Waals surface area (Å²) in [5, 5.41) is 9.64. The molecule has 1 saturated heterocycles. The van der Waals surface area contributed by atoms with Crippen LogP contribution in [0.5, 0.6) is 5.75 Å². The van der Waals surface area contributed by atoms with Crippen molar-refractivity contribution >= 4 is 6.09 Å². The summed E-state index contributed by atoms with van der Waals surface area (Å²) in [5.41, 5.74) is 0.211. The van der Waals surface area contributed by atoms with Crippen molar-refractivity contribution in [3.05, 3.63) is 29.8 Å². The number of hydrogen-bond acceptors (Lipinski definition) is 4. The zero-order chi connectivity index (χ0) is 18.9. The normalized spacial score (nSPS) is 28.0. The van der Waals surface area contributed by atoms with Crippen LogP contribution in [0.25, 0.3) is 0 Å². The van der Waals surface area contributed by atoms with E-state index in [4.69, 9.17) is 4.74 Å². The highest BCUT2D eigenvalue weighted by Gasteiger charge is 2.44. The van der Waals surface area contributed by atoms with Crippen molar-refractivity contribution in [1.82, 2.24) is 4.90 Å². The van der Waals surface area contributed by atoms with Crippen LogP contribution in [0, 0.1) is 0 Å². The summed E-state index contributed by atoms with van der Waals surface area (Å²) < 4.78 is 46.3. The first kappa shape index (κ1) is 18.8. The van der Waals surface area contributed by atoms with E-state index in [2.05, 4.69) is 4.74 Å². The molecule has 1 aliphatic carbocycles. The average molecular weight is 373 g/mol. The minimum absolute atomic E-state index is 0.297. The highest BCUT2D eigenvalue weighted by molar-refractivity contribution is 5.69. The molecule has 1 heterocycles. The van der Waals surface area contributed by atoms with Crippen molar-refractivity contribution in [3.8, 4) is 5.75 Å². The van der Waals surface area contributed by atoms with E-state index in [0.717, 1.165) is 0 Å². The van der Waals surface area contributed by atoms with E-state index < -0.39 is 18.1 Å². The standard InChI is InChI=1S/C18H22F3NO4/c1-12(13-2-4-15(5-3-13)25-18(19,20)21)22-11-10-17(26-16(22)24)8-6-14(23)7-9-17/h2-5,12,14,23H,6-11H2,1H3/t12-,14-,17-/m0/s1. The number of aliphatic hydroxyl groups is 1. The predicted octanol–water partition coefficient (Wildman–Crippen LogP) is 4.16. The van der Waals surface area contributed by atoms with Gasteiger partial charge in [0.1, 0.15) is 11.4 Å². The molecule has 8 heteroatoms. The molecule has 0 unspecified atom stereocenters. The Morgan fingerprint density at radius 3 is 2.38 bits per heavy atom. The summed E-state index contributed by atoms with van der Waals surface area (Å²) >= 11 is 0. The van der Waals surface area contributed by atoms with Gasteiger partial charge in [0, 0.05) is 13.0 Å². The number of carbonyl (C=O) groups excluding carboxylic acids is 1. The van der Waals surface area contributed by atoms with E-state index in [1.807, 2.05) is 6.92 Å². The van der Waals surface area contributed by atoms with Gasteiger partial charge in [0.2, 0.25) is 0 Å². The molecule has 144 valence electrons. The molecule has 2 fully saturated rings. The highest BCUT2D eigenvalue weighted by Crippen LogP contribution is 2.39. The Morgan fingerprint density at radius 2 is 1.85 bits per heavy atom. The highest BCUT2D eigenvalue weighted by atomic mass is 19.4. The van der Waals surface area contributed by atoms with Crippen molar-refractivity contribution in [1.29, 1.82) is 0 Å². The predicted molar refractivity (Wildman–Crippen MR) is 86.5 cm³/mol. The first-order chi connectivity index (χ1) is 12.2. The van der Waals surface area contributed by atoms with Gasteiger partial charge in [0.15, 0.2) is 0 Å². The Kier molecular flexibility index (Phi) is 5.05. The summed E-state index contributed by atoms with van der Waals surface area (Å²) in [4.78, 5) is 14.1. The third-order valence-corrected chi connectivity index (χ3v) is 5.28. The number of nitrogens with zero attached hydrogens (tertiary/aromatic N) is 1. The minimum atomic E-state index is -4.73. The van der Waals surface area contributed by atoms with E-state index in [9.17, 15) is 23.1 Å². The lowest BCUT2D eigenvalue weighted by Gasteiger charge is -2.45. The Hall–Kier alpha value is -1.96. The van der Waals surface area contributed by atoms with Crippen molar-refractivity contribution in [2.45, 2.75) is 63.1 Å². The van der Waals surface area contributed by atoms with E-state index in [1.54, 1.807) is 4.90 Å². The molecule has 1 saturated carbocycles. The molecule has 1 aromatic rings. The molecule has 3 rings (SSSR count). The molecule has 1 aromatic carbocycles. The Bertz CT molecular complexity index is 639. The molecule has 1 aliphatic heterocycles. The van der Waals surface area contributed by atoms with Crippen LogP contribution in [0.15, 0.2) is 24.3 Å². The number of ether oxygens (including phenoxy) is 2. The molecule has 2 aliphatic rings. The van der Waals surface area contributed by atoms with Gasteiger partial charge in [0.25, 0.3) is 0 Å². The summed E-state index contributed by atoms with van der Waals surface area (Å²) in [6.45, 7) is 2.32. The molecule has 1 spiro atoms. The molecule has 1 N–H and O–H groups in total. The molecule has 0 aromatic heterocycles. The van der Waals surface area contributed by atoms with E-state index in [1.165, 1.54) is 24.3 Å². The molecule has 0 bridgehead atoms. The third-order valence-electron chi connectivity index (χ3n) is 5.28. The van der Waals surface area contributed by atoms with E-state index in [-0.39, 0.29) is 17.9 Å². The topological polar surface area (TPSA) is 59.0 Å². The number of halogens is 3. The SMILES string of the molecule is C[C@@H](c1ccc(OC(F)(F)F)cc1)N1CC[C@]2(CC[C@@H](O)CC2)OC1=O. The average Bonchev–Trinajstić information content (AvgIpc) is 2.57. The summed E-state index contributed by atoms with van der Waals surface area (Å²) in [6, 6.07) is 5.17. The Labute approximate surface area is 149 Å². The summed E-state index contributed by atoms with van der Waals surface area (Å²) in [5.74, 6) is -0.297. The van der Waals surface area contributed by atoms with Crippen LogP contribution >= 0.6 is 0 Å². The summed E-state index contributed by atoms with van der Waals surface area (Å²) in [6.07, 6.45) is -2.22. The molecule has 1 atom stereocenters. The third kappa shape index (κ3) is 4.23.